The van der Waals surface area contributed by atoms with Crippen LogP contribution in [-0.4, -0.2) is 15.1 Å². The number of thiazole rings is 1. The van der Waals surface area contributed by atoms with Crippen molar-refractivity contribution in [3.8, 4) is 0 Å². The van der Waals surface area contributed by atoms with Gasteiger partial charge in [-0.2, -0.15) is 0 Å². The van der Waals surface area contributed by atoms with Crippen molar-refractivity contribution < 1.29 is 5.11 Å². The van der Waals surface area contributed by atoms with E-state index < -0.39 is 5.60 Å². The molecule has 4 heteroatoms. The number of pyridine rings is 1. The first-order valence-electron chi connectivity index (χ1n) is 6.97. The quantitative estimate of drug-likeness (QED) is 0.916. The third kappa shape index (κ3) is 4.12. The standard InChI is InChI=1S/C16H22N2OS/c1-11(2)8-13-10-17-15(20-13)9-12-6-5-7-14(18-12)16(3,4)19/h5-7,10-11,19H,8-9H2,1-4H3. The van der Waals surface area contributed by atoms with Gasteiger partial charge in [-0.05, 0) is 38.3 Å². The minimum Gasteiger partial charge on any atom is -0.384 e. The Kier molecular flexibility index (Phi) is 4.55. The molecule has 0 fully saturated rings. The smallest absolute Gasteiger partial charge is 0.101 e. The third-order valence-electron chi connectivity index (χ3n) is 2.98. The van der Waals surface area contributed by atoms with Gasteiger partial charge in [0, 0.05) is 23.2 Å². The van der Waals surface area contributed by atoms with Crippen LogP contribution in [0.5, 0.6) is 0 Å². The Labute approximate surface area is 124 Å². The molecule has 3 nitrogen and oxygen atoms in total. The van der Waals surface area contributed by atoms with Crippen LogP contribution in [0.15, 0.2) is 24.4 Å². The Morgan fingerprint density at radius 3 is 2.70 bits per heavy atom. The molecule has 0 radical (unpaired) electrons. The molecule has 2 aromatic rings. The van der Waals surface area contributed by atoms with Gasteiger partial charge in [-0.3, -0.25) is 4.98 Å². The topological polar surface area (TPSA) is 46.0 Å². The summed E-state index contributed by atoms with van der Waals surface area (Å²) in [6.07, 6.45) is 3.78. The van der Waals surface area contributed by atoms with Crippen LogP contribution in [-0.2, 0) is 18.4 Å². The fraction of sp³-hybridized carbons (Fsp3) is 0.500. The molecule has 108 valence electrons. The predicted octanol–water partition coefficient (Wildman–Crippen LogP) is 3.55. The lowest BCUT2D eigenvalue weighted by Gasteiger charge is -2.16. The molecule has 0 atom stereocenters. The zero-order valence-electron chi connectivity index (χ0n) is 12.6. The fourth-order valence-electron chi connectivity index (χ4n) is 2.00. The number of hydrogen-bond donors (Lipinski definition) is 1. The molecule has 20 heavy (non-hydrogen) atoms. The maximum atomic E-state index is 10.0. The molecular formula is C16H22N2OS. The first kappa shape index (κ1) is 15.1. The molecule has 0 saturated carbocycles. The zero-order valence-corrected chi connectivity index (χ0v) is 13.4. The summed E-state index contributed by atoms with van der Waals surface area (Å²) in [5, 5.41) is 11.1. The second-order valence-corrected chi connectivity index (χ2v) is 7.27. The van der Waals surface area contributed by atoms with Crippen molar-refractivity contribution in [3.63, 3.8) is 0 Å². The molecule has 1 N–H and O–H groups in total. The minimum absolute atomic E-state index is 0.653. The third-order valence-corrected chi connectivity index (χ3v) is 4.00. The van der Waals surface area contributed by atoms with Gasteiger partial charge in [-0.15, -0.1) is 11.3 Å². The van der Waals surface area contributed by atoms with Crippen LogP contribution >= 0.6 is 11.3 Å². The lowest BCUT2D eigenvalue weighted by Crippen LogP contribution is -2.18. The van der Waals surface area contributed by atoms with E-state index in [0.717, 1.165) is 23.5 Å². The van der Waals surface area contributed by atoms with Crippen molar-refractivity contribution in [2.24, 2.45) is 5.92 Å². The van der Waals surface area contributed by atoms with Crippen molar-refractivity contribution in [2.75, 3.05) is 0 Å². The van der Waals surface area contributed by atoms with E-state index in [2.05, 4.69) is 23.8 Å². The Bertz CT molecular complexity index is 570. The molecule has 0 spiro atoms. The highest BCUT2D eigenvalue weighted by Gasteiger charge is 2.18. The molecule has 0 aliphatic carbocycles. The van der Waals surface area contributed by atoms with Gasteiger partial charge in [0.2, 0.25) is 0 Å². The van der Waals surface area contributed by atoms with E-state index in [1.54, 1.807) is 25.2 Å². The Morgan fingerprint density at radius 2 is 2.05 bits per heavy atom. The van der Waals surface area contributed by atoms with Crippen LogP contribution in [0.1, 0.15) is 49.0 Å². The second-order valence-electron chi connectivity index (χ2n) is 6.07. The van der Waals surface area contributed by atoms with Crippen molar-refractivity contribution in [2.45, 2.75) is 46.1 Å². The first-order chi connectivity index (χ1) is 9.34. The zero-order chi connectivity index (χ0) is 14.8. The summed E-state index contributed by atoms with van der Waals surface area (Å²) in [5.41, 5.74) is 0.755. The number of rotatable bonds is 5. The van der Waals surface area contributed by atoms with Crippen LogP contribution in [0.2, 0.25) is 0 Å². The molecule has 0 unspecified atom stereocenters. The van der Waals surface area contributed by atoms with Gasteiger partial charge in [0.15, 0.2) is 0 Å². The van der Waals surface area contributed by atoms with Crippen LogP contribution in [0.4, 0.5) is 0 Å². The molecule has 0 bridgehead atoms. The molecule has 0 amide bonds. The molecular weight excluding hydrogens is 268 g/mol. The number of nitrogens with zero attached hydrogens (tertiary/aromatic N) is 2. The number of aromatic nitrogens is 2. The molecule has 0 aromatic carbocycles. The minimum atomic E-state index is -0.901. The fourth-order valence-corrected chi connectivity index (χ4v) is 3.15. The average Bonchev–Trinajstić information content (AvgIpc) is 2.75. The van der Waals surface area contributed by atoms with Gasteiger partial charge in [0.05, 0.1) is 10.7 Å². The molecule has 2 aromatic heterocycles. The molecule has 2 heterocycles. The van der Waals surface area contributed by atoms with Crippen molar-refractivity contribution in [3.05, 3.63) is 45.7 Å². The molecule has 2 rings (SSSR count). The van der Waals surface area contributed by atoms with Crippen LogP contribution in [0.25, 0.3) is 0 Å². The van der Waals surface area contributed by atoms with E-state index in [4.69, 9.17) is 0 Å². The summed E-state index contributed by atoms with van der Waals surface area (Å²) in [6.45, 7) is 7.94. The highest BCUT2D eigenvalue weighted by molar-refractivity contribution is 7.11. The molecule has 0 aliphatic rings. The number of hydrogen-bond acceptors (Lipinski definition) is 4. The summed E-state index contributed by atoms with van der Waals surface area (Å²) in [5.74, 6) is 0.653. The summed E-state index contributed by atoms with van der Waals surface area (Å²) in [6, 6.07) is 5.78. The Morgan fingerprint density at radius 1 is 1.30 bits per heavy atom. The van der Waals surface area contributed by atoms with Gasteiger partial charge >= 0.3 is 0 Å². The largest absolute Gasteiger partial charge is 0.384 e. The molecule has 0 saturated heterocycles. The van der Waals surface area contributed by atoms with Crippen molar-refractivity contribution in [1.82, 2.24) is 9.97 Å². The number of aliphatic hydroxyl groups is 1. The predicted molar refractivity (Wildman–Crippen MR) is 82.9 cm³/mol. The lowest BCUT2D eigenvalue weighted by atomic mass is 10.0. The van der Waals surface area contributed by atoms with Crippen LogP contribution < -0.4 is 0 Å². The van der Waals surface area contributed by atoms with Gasteiger partial charge in [0.25, 0.3) is 0 Å². The Hall–Kier alpha value is -1.26. The highest BCUT2D eigenvalue weighted by Crippen LogP contribution is 2.21. The Balaban J connectivity index is 2.12. The summed E-state index contributed by atoms with van der Waals surface area (Å²) < 4.78 is 0. The SMILES string of the molecule is CC(C)Cc1cnc(Cc2cccc(C(C)(C)O)n2)s1. The van der Waals surface area contributed by atoms with E-state index in [1.165, 1.54) is 4.88 Å². The van der Waals surface area contributed by atoms with Crippen LogP contribution in [0, 0.1) is 5.92 Å². The van der Waals surface area contributed by atoms with Crippen molar-refractivity contribution in [1.29, 1.82) is 0 Å². The van der Waals surface area contributed by atoms with E-state index in [9.17, 15) is 5.11 Å². The lowest BCUT2D eigenvalue weighted by molar-refractivity contribution is 0.0736. The summed E-state index contributed by atoms with van der Waals surface area (Å²) >= 11 is 1.76. The molecule has 0 aliphatic heterocycles. The average molecular weight is 290 g/mol. The van der Waals surface area contributed by atoms with Gasteiger partial charge < -0.3 is 5.11 Å². The van der Waals surface area contributed by atoms with E-state index in [0.29, 0.717) is 11.6 Å². The monoisotopic (exact) mass is 290 g/mol. The van der Waals surface area contributed by atoms with Gasteiger partial charge in [0.1, 0.15) is 5.60 Å². The normalized spacial score (nSPS) is 12.1. The van der Waals surface area contributed by atoms with Gasteiger partial charge in [-0.1, -0.05) is 19.9 Å². The maximum Gasteiger partial charge on any atom is 0.101 e. The summed E-state index contributed by atoms with van der Waals surface area (Å²) in [4.78, 5) is 10.3. The summed E-state index contributed by atoms with van der Waals surface area (Å²) in [7, 11) is 0. The van der Waals surface area contributed by atoms with Gasteiger partial charge in [-0.25, -0.2) is 4.98 Å². The first-order valence-corrected chi connectivity index (χ1v) is 7.78. The van der Waals surface area contributed by atoms with Crippen molar-refractivity contribution >= 4 is 11.3 Å². The highest BCUT2D eigenvalue weighted by atomic mass is 32.1. The van der Waals surface area contributed by atoms with Crippen LogP contribution in [0.3, 0.4) is 0 Å². The maximum absolute atomic E-state index is 10.0. The van der Waals surface area contributed by atoms with E-state index >= 15 is 0 Å². The van der Waals surface area contributed by atoms with E-state index in [-0.39, 0.29) is 0 Å². The second kappa shape index (κ2) is 6.02. The van der Waals surface area contributed by atoms with E-state index in [1.807, 2.05) is 24.4 Å².